The molecule has 0 amide bonds. The Kier molecular flexibility index (Phi) is 6.25. The number of H-pyrrole nitrogens is 1. The maximum atomic E-state index is 13.1. The summed E-state index contributed by atoms with van der Waals surface area (Å²) in [5.74, 6) is 2.07. The topological polar surface area (TPSA) is 59.2 Å². The van der Waals surface area contributed by atoms with E-state index in [0.29, 0.717) is 24.7 Å². The summed E-state index contributed by atoms with van der Waals surface area (Å²) in [4.78, 5) is 7.95. The first kappa shape index (κ1) is 19.9. The molecule has 0 radical (unpaired) electrons. The summed E-state index contributed by atoms with van der Waals surface area (Å²) in [6.45, 7) is 1.75. The van der Waals surface area contributed by atoms with Crippen LogP contribution in [-0.2, 0) is 19.6 Å². The van der Waals surface area contributed by atoms with Crippen LogP contribution in [0.3, 0.4) is 0 Å². The molecular weight excluding hydrogens is 381 g/mol. The Hall–Kier alpha value is -3.38. The molecule has 30 heavy (non-hydrogen) atoms. The van der Waals surface area contributed by atoms with Gasteiger partial charge in [-0.05, 0) is 35.9 Å². The monoisotopic (exact) mass is 405 g/mol. The second-order valence-electron chi connectivity index (χ2n) is 6.99. The smallest absolute Gasteiger partial charge is 0.166 e. The lowest BCUT2D eigenvalue weighted by Crippen LogP contribution is -2.18. The lowest BCUT2D eigenvalue weighted by Gasteiger charge is -2.15. The number of methoxy groups -OCH3 is 1. The highest BCUT2D eigenvalue weighted by Crippen LogP contribution is 2.31. The molecule has 6 heteroatoms. The van der Waals surface area contributed by atoms with Gasteiger partial charge in [0.1, 0.15) is 18.2 Å². The first-order valence-electron chi connectivity index (χ1n) is 9.90. The number of para-hydroxylation sites is 3. The van der Waals surface area contributed by atoms with Gasteiger partial charge in [-0.15, -0.1) is 0 Å². The molecule has 3 aromatic carbocycles. The fraction of sp³-hybridized carbons (Fsp3) is 0.208. The minimum Gasteiger partial charge on any atom is -0.493 e. The van der Waals surface area contributed by atoms with E-state index in [1.165, 1.54) is 12.1 Å². The summed E-state index contributed by atoms with van der Waals surface area (Å²) < 4.78 is 24.6. The van der Waals surface area contributed by atoms with Gasteiger partial charge in [-0.25, -0.2) is 9.37 Å². The third-order valence-corrected chi connectivity index (χ3v) is 4.87. The van der Waals surface area contributed by atoms with Crippen LogP contribution in [-0.4, -0.2) is 23.6 Å². The van der Waals surface area contributed by atoms with Gasteiger partial charge < -0.3 is 19.8 Å². The minimum absolute atomic E-state index is 0.259. The molecule has 1 aromatic heterocycles. The lowest BCUT2D eigenvalue weighted by atomic mass is 10.1. The van der Waals surface area contributed by atoms with E-state index in [1.807, 2.05) is 42.5 Å². The van der Waals surface area contributed by atoms with Crippen molar-refractivity contribution in [3.8, 4) is 11.5 Å². The van der Waals surface area contributed by atoms with Crippen LogP contribution in [0.2, 0.25) is 0 Å². The normalized spacial score (nSPS) is 11.0. The molecule has 0 saturated carbocycles. The van der Waals surface area contributed by atoms with E-state index in [9.17, 15) is 4.39 Å². The molecule has 0 atom stereocenters. The van der Waals surface area contributed by atoms with Crippen LogP contribution >= 0.6 is 0 Å². The van der Waals surface area contributed by atoms with Gasteiger partial charge in [0.2, 0.25) is 0 Å². The molecule has 0 aliphatic heterocycles. The first-order valence-corrected chi connectivity index (χ1v) is 9.90. The molecular formula is C24H24FN3O2. The Morgan fingerprint density at radius 2 is 1.83 bits per heavy atom. The first-order chi connectivity index (χ1) is 14.7. The Morgan fingerprint density at radius 3 is 2.63 bits per heavy atom. The van der Waals surface area contributed by atoms with E-state index in [4.69, 9.17) is 9.47 Å². The van der Waals surface area contributed by atoms with Gasteiger partial charge in [-0.2, -0.15) is 0 Å². The molecule has 0 unspecified atom stereocenters. The SMILES string of the molecule is COc1cccc(CNCCc2nc3ccccc3[nH]2)c1OCc1ccc(F)cc1. The fourth-order valence-corrected chi connectivity index (χ4v) is 3.32. The van der Waals surface area contributed by atoms with Crippen molar-refractivity contribution in [3.05, 3.63) is 89.5 Å². The maximum absolute atomic E-state index is 13.1. The van der Waals surface area contributed by atoms with Crippen LogP contribution in [0, 0.1) is 5.82 Å². The second kappa shape index (κ2) is 9.41. The van der Waals surface area contributed by atoms with Gasteiger partial charge in [0.15, 0.2) is 11.5 Å². The molecule has 0 spiro atoms. The number of halogens is 1. The van der Waals surface area contributed by atoms with Crippen LogP contribution in [0.1, 0.15) is 17.0 Å². The number of hydrogen-bond donors (Lipinski definition) is 2. The van der Waals surface area contributed by atoms with Gasteiger partial charge >= 0.3 is 0 Å². The molecule has 4 aromatic rings. The largest absolute Gasteiger partial charge is 0.493 e. The molecule has 154 valence electrons. The Labute approximate surface area is 174 Å². The molecule has 5 nitrogen and oxygen atoms in total. The molecule has 1 heterocycles. The van der Waals surface area contributed by atoms with Crippen LogP contribution < -0.4 is 14.8 Å². The zero-order valence-electron chi connectivity index (χ0n) is 16.8. The van der Waals surface area contributed by atoms with Gasteiger partial charge in [0.25, 0.3) is 0 Å². The van der Waals surface area contributed by atoms with E-state index < -0.39 is 0 Å². The van der Waals surface area contributed by atoms with Gasteiger partial charge in [-0.1, -0.05) is 36.4 Å². The average molecular weight is 405 g/mol. The third kappa shape index (κ3) is 4.78. The zero-order valence-corrected chi connectivity index (χ0v) is 16.8. The Balaban J connectivity index is 1.37. The van der Waals surface area contributed by atoms with Gasteiger partial charge in [-0.3, -0.25) is 0 Å². The van der Waals surface area contributed by atoms with E-state index in [0.717, 1.165) is 41.0 Å². The summed E-state index contributed by atoms with van der Waals surface area (Å²) in [6, 6.07) is 20.1. The maximum Gasteiger partial charge on any atom is 0.166 e. The highest BCUT2D eigenvalue weighted by atomic mass is 19.1. The minimum atomic E-state index is -0.259. The predicted molar refractivity (Wildman–Crippen MR) is 115 cm³/mol. The van der Waals surface area contributed by atoms with Crippen molar-refractivity contribution in [3.63, 3.8) is 0 Å². The summed E-state index contributed by atoms with van der Waals surface area (Å²) in [7, 11) is 1.62. The van der Waals surface area contributed by atoms with E-state index in [2.05, 4.69) is 15.3 Å². The fourth-order valence-electron chi connectivity index (χ4n) is 3.32. The van der Waals surface area contributed by atoms with Crippen molar-refractivity contribution >= 4 is 11.0 Å². The Morgan fingerprint density at radius 1 is 1.00 bits per heavy atom. The molecule has 2 N–H and O–H groups in total. The number of benzene rings is 3. The summed E-state index contributed by atoms with van der Waals surface area (Å²) in [5.41, 5.74) is 3.93. The molecule has 0 fully saturated rings. The molecule has 0 saturated heterocycles. The van der Waals surface area contributed by atoms with Crippen molar-refractivity contribution in [1.29, 1.82) is 0 Å². The quantitative estimate of drug-likeness (QED) is 0.399. The number of hydrogen-bond acceptors (Lipinski definition) is 4. The summed E-state index contributed by atoms with van der Waals surface area (Å²) >= 11 is 0. The third-order valence-electron chi connectivity index (χ3n) is 4.87. The molecule has 0 aliphatic carbocycles. The summed E-state index contributed by atoms with van der Waals surface area (Å²) in [6.07, 6.45) is 0.796. The van der Waals surface area contributed by atoms with E-state index in [-0.39, 0.29) is 5.82 Å². The van der Waals surface area contributed by atoms with Gasteiger partial charge in [0.05, 0.1) is 18.1 Å². The van der Waals surface area contributed by atoms with Crippen molar-refractivity contribution in [1.82, 2.24) is 15.3 Å². The van der Waals surface area contributed by atoms with Gasteiger partial charge in [0, 0.05) is 25.1 Å². The molecule has 0 aliphatic rings. The van der Waals surface area contributed by atoms with Crippen molar-refractivity contribution in [2.24, 2.45) is 0 Å². The standard InChI is InChI=1S/C24H24FN3O2/c1-29-22-8-4-5-18(24(22)30-16-17-9-11-19(25)12-10-17)15-26-14-13-23-27-20-6-2-3-7-21(20)28-23/h2-12,26H,13-16H2,1H3,(H,27,28). The highest BCUT2D eigenvalue weighted by Gasteiger charge is 2.11. The second-order valence-corrected chi connectivity index (χ2v) is 6.99. The van der Waals surface area contributed by atoms with Crippen molar-refractivity contribution in [2.45, 2.75) is 19.6 Å². The Bertz CT molecular complexity index is 1080. The number of nitrogens with one attached hydrogen (secondary N) is 2. The van der Waals surface area contributed by atoms with Crippen LogP contribution in [0.15, 0.2) is 66.7 Å². The zero-order chi connectivity index (χ0) is 20.8. The average Bonchev–Trinajstić information content (AvgIpc) is 3.19. The van der Waals surface area contributed by atoms with E-state index in [1.54, 1.807) is 19.2 Å². The molecule has 0 bridgehead atoms. The number of aromatic nitrogens is 2. The number of imidazole rings is 1. The number of aromatic amines is 1. The van der Waals surface area contributed by atoms with E-state index >= 15 is 0 Å². The van der Waals surface area contributed by atoms with Crippen LogP contribution in [0.25, 0.3) is 11.0 Å². The van der Waals surface area contributed by atoms with Crippen LogP contribution in [0.5, 0.6) is 11.5 Å². The van der Waals surface area contributed by atoms with Crippen molar-refractivity contribution in [2.75, 3.05) is 13.7 Å². The van der Waals surface area contributed by atoms with Crippen molar-refractivity contribution < 1.29 is 13.9 Å². The number of nitrogens with zero attached hydrogens (tertiary/aromatic N) is 1. The predicted octanol–water partition coefficient (Wildman–Crippen LogP) is 4.62. The number of rotatable bonds is 9. The number of ether oxygens (including phenoxy) is 2. The lowest BCUT2D eigenvalue weighted by molar-refractivity contribution is 0.280. The highest BCUT2D eigenvalue weighted by molar-refractivity contribution is 5.74. The molecule has 4 rings (SSSR count). The summed E-state index contributed by atoms with van der Waals surface area (Å²) in [5, 5.41) is 3.45. The van der Waals surface area contributed by atoms with Crippen LogP contribution in [0.4, 0.5) is 4.39 Å². The number of fused-ring (bicyclic) bond motifs is 1.